The summed E-state index contributed by atoms with van der Waals surface area (Å²) in [6.45, 7) is 4.84. The minimum absolute atomic E-state index is 0.173. The maximum Gasteiger partial charge on any atom is 0.144 e. The van der Waals surface area contributed by atoms with E-state index in [4.69, 9.17) is 10.5 Å². The molecule has 1 atom stereocenters. The lowest BCUT2D eigenvalue weighted by Gasteiger charge is -2.17. The van der Waals surface area contributed by atoms with Gasteiger partial charge in [0.05, 0.1) is 18.3 Å². The summed E-state index contributed by atoms with van der Waals surface area (Å²) in [4.78, 5) is 4.13. The molecule has 0 saturated carbocycles. The van der Waals surface area contributed by atoms with Crippen molar-refractivity contribution < 1.29 is 4.74 Å². The van der Waals surface area contributed by atoms with E-state index in [0.29, 0.717) is 12.3 Å². The Morgan fingerprint density at radius 3 is 2.90 bits per heavy atom. The molecule has 4 nitrogen and oxygen atoms in total. The van der Waals surface area contributed by atoms with Gasteiger partial charge < -0.3 is 15.8 Å². The molecule has 4 heteroatoms. The molecular weight excluding hydrogens is 250 g/mol. The molecule has 0 spiro atoms. The summed E-state index contributed by atoms with van der Waals surface area (Å²) in [5, 5.41) is 3.43. The second-order valence-corrected chi connectivity index (χ2v) is 4.75. The highest BCUT2D eigenvalue weighted by Gasteiger charge is 2.07. The van der Waals surface area contributed by atoms with Crippen LogP contribution in [0.1, 0.15) is 31.9 Å². The molecular formula is C16H21N3O. The maximum absolute atomic E-state index is 5.91. The number of benzene rings is 1. The molecule has 0 bridgehead atoms. The quantitative estimate of drug-likeness (QED) is 0.788. The molecule has 0 radical (unpaired) electrons. The molecule has 1 aromatic carbocycles. The highest BCUT2D eigenvalue weighted by Crippen LogP contribution is 2.27. The Morgan fingerprint density at radius 2 is 2.20 bits per heavy atom. The molecule has 1 heterocycles. The molecule has 1 unspecified atom stereocenters. The Morgan fingerprint density at radius 1 is 1.35 bits per heavy atom. The van der Waals surface area contributed by atoms with Crippen molar-refractivity contribution in [2.45, 2.75) is 26.3 Å². The molecule has 2 aromatic rings. The molecule has 0 fully saturated rings. The number of nitrogens with zero attached hydrogens (tertiary/aromatic N) is 1. The Kier molecular flexibility index (Phi) is 4.82. The summed E-state index contributed by atoms with van der Waals surface area (Å²) in [6, 6.07) is 9.93. The zero-order valence-corrected chi connectivity index (χ0v) is 12.0. The van der Waals surface area contributed by atoms with E-state index < -0.39 is 0 Å². The van der Waals surface area contributed by atoms with Gasteiger partial charge in [0.15, 0.2) is 0 Å². The van der Waals surface area contributed by atoms with Gasteiger partial charge in [-0.2, -0.15) is 0 Å². The first-order valence-electron chi connectivity index (χ1n) is 6.89. The van der Waals surface area contributed by atoms with Crippen LogP contribution in [0.4, 0.5) is 11.4 Å². The lowest BCUT2D eigenvalue weighted by molar-refractivity contribution is 0.319. The van der Waals surface area contributed by atoms with Crippen molar-refractivity contribution in [1.29, 1.82) is 0 Å². The summed E-state index contributed by atoms with van der Waals surface area (Å²) < 4.78 is 5.64. The largest absolute Gasteiger partial charge is 0.491 e. The van der Waals surface area contributed by atoms with Crippen molar-refractivity contribution in [3.8, 4) is 5.75 Å². The van der Waals surface area contributed by atoms with Gasteiger partial charge in [-0.15, -0.1) is 0 Å². The molecule has 2 rings (SSSR count). The fraction of sp³-hybridized carbons (Fsp3) is 0.312. The summed E-state index contributed by atoms with van der Waals surface area (Å²) in [5.41, 5.74) is 8.70. The Hall–Kier alpha value is -2.23. The number of nitrogens with two attached hydrogens (primary N) is 1. The molecule has 0 saturated heterocycles. The molecule has 1 aromatic heterocycles. The van der Waals surface area contributed by atoms with Gasteiger partial charge in [0.1, 0.15) is 5.75 Å². The van der Waals surface area contributed by atoms with Crippen LogP contribution >= 0.6 is 0 Å². The second-order valence-electron chi connectivity index (χ2n) is 4.75. The standard InChI is InChI=1S/C16H21N3O/c1-3-9-20-16-10-14(6-7-15(16)17)19-12(2)13-5-4-8-18-11-13/h4-8,10-12,19H,3,9,17H2,1-2H3. The number of ether oxygens (including phenoxy) is 1. The predicted octanol–water partition coefficient (Wildman–Crippen LogP) is 3.63. The first-order chi connectivity index (χ1) is 9.70. The average Bonchev–Trinajstić information content (AvgIpc) is 2.48. The van der Waals surface area contributed by atoms with Crippen LogP contribution in [-0.2, 0) is 0 Å². The van der Waals surface area contributed by atoms with Gasteiger partial charge in [-0.25, -0.2) is 0 Å². The second kappa shape index (κ2) is 6.80. The third kappa shape index (κ3) is 3.63. The van der Waals surface area contributed by atoms with Crippen LogP contribution in [0.2, 0.25) is 0 Å². The van der Waals surface area contributed by atoms with Crippen molar-refractivity contribution in [2.24, 2.45) is 0 Å². The number of hydrogen-bond acceptors (Lipinski definition) is 4. The van der Waals surface area contributed by atoms with Crippen LogP contribution in [0.25, 0.3) is 0 Å². The summed E-state index contributed by atoms with van der Waals surface area (Å²) >= 11 is 0. The lowest BCUT2D eigenvalue weighted by Crippen LogP contribution is -2.07. The van der Waals surface area contributed by atoms with Gasteiger partial charge in [0, 0.05) is 24.1 Å². The van der Waals surface area contributed by atoms with E-state index >= 15 is 0 Å². The van der Waals surface area contributed by atoms with E-state index in [0.717, 1.165) is 23.4 Å². The molecule has 0 amide bonds. The first-order valence-corrected chi connectivity index (χ1v) is 6.89. The third-order valence-electron chi connectivity index (χ3n) is 3.04. The number of hydrogen-bond donors (Lipinski definition) is 2. The minimum atomic E-state index is 0.173. The third-order valence-corrected chi connectivity index (χ3v) is 3.04. The van der Waals surface area contributed by atoms with Crippen molar-refractivity contribution in [3.63, 3.8) is 0 Å². The van der Waals surface area contributed by atoms with Gasteiger partial charge in [0.25, 0.3) is 0 Å². The molecule has 3 N–H and O–H groups in total. The van der Waals surface area contributed by atoms with E-state index in [2.05, 4.69) is 30.2 Å². The van der Waals surface area contributed by atoms with Crippen LogP contribution in [0.3, 0.4) is 0 Å². The Balaban J connectivity index is 2.09. The SMILES string of the molecule is CCCOc1cc(NC(C)c2cccnc2)ccc1N. The maximum atomic E-state index is 5.91. The first kappa shape index (κ1) is 14.2. The number of nitrogens with one attached hydrogen (secondary N) is 1. The molecule has 0 aliphatic rings. The number of nitrogen functional groups attached to an aromatic ring is 1. The number of anilines is 2. The summed E-state index contributed by atoms with van der Waals surface area (Å²) in [6.07, 6.45) is 4.60. The van der Waals surface area contributed by atoms with Crippen LogP contribution < -0.4 is 15.8 Å². The summed E-state index contributed by atoms with van der Waals surface area (Å²) in [7, 11) is 0. The van der Waals surface area contributed by atoms with Gasteiger partial charge in [0.2, 0.25) is 0 Å². The van der Waals surface area contributed by atoms with E-state index in [-0.39, 0.29) is 6.04 Å². The number of pyridine rings is 1. The fourth-order valence-electron chi connectivity index (χ4n) is 1.93. The normalized spacial score (nSPS) is 11.9. The van der Waals surface area contributed by atoms with Gasteiger partial charge in [-0.3, -0.25) is 4.98 Å². The lowest BCUT2D eigenvalue weighted by atomic mass is 10.1. The molecule has 0 aliphatic carbocycles. The van der Waals surface area contributed by atoms with Gasteiger partial charge in [-0.1, -0.05) is 13.0 Å². The van der Waals surface area contributed by atoms with Crippen LogP contribution in [0, 0.1) is 0 Å². The zero-order chi connectivity index (χ0) is 14.4. The van der Waals surface area contributed by atoms with Gasteiger partial charge in [-0.05, 0) is 37.1 Å². The fourth-order valence-corrected chi connectivity index (χ4v) is 1.93. The van der Waals surface area contributed by atoms with E-state index in [1.807, 2.05) is 30.5 Å². The Bertz CT molecular complexity index is 543. The zero-order valence-electron chi connectivity index (χ0n) is 12.0. The highest BCUT2D eigenvalue weighted by atomic mass is 16.5. The van der Waals surface area contributed by atoms with E-state index in [1.165, 1.54) is 0 Å². The topological polar surface area (TPSA) is 60.2 Å². The average molecular weight is 271 g/mol. The summed E-state index contributed by atoms with van der Waals surface area (Å²) in [5.74, 6) is 0.732. The van der Waals surface area contributed by atoms with Crippen molar-refractivity contribution >= 4 is 11.4 Å². The smallest absolute Gasteiger partial charge is 0.144 e. The Labute approximate surface area is 120 Å². The van der Waals surface area contributed by atoms with Crippen LogP contribution in [-0.4, -0.2) is 11.6 Å². The van der Waals surface area contributed by atoms with Crippen LogP contribution in [0.5, 0.6) is 5.75 Å². The highest BCUT2D eigenvalue weighted by molar-refractivity contribution is 5.61. The van der Waals surface area contributed by atoms with E-state index in [9.17, 15) is 0 Å². The number of aromatic nitrogens is 1. The van der Waals surface area contributed by atoms with Crippen LogP contribution in [0.15, 0.2) is 42.7 Å². The molecule has 0 aliphatic heterocycles. The number of rotatable bonds is 6. The van der Waals surface area contributed by atoms with Crippen molar-refractivity contribution in [3.05, 3.63) is 48.3 Å². The van der Waals surface area contributed by atoms with Crippen molar-refractivity contribution in [2.75, 3.05) is 17.7 Å². The predicted molar refractivity (Wildman–Crippen MR) is 82.9 cm³/mol. The van der Waals surface area contributed by atoms with Crippen molar-refractivity contribution in [1.82, 2.24) is 4.98 Å². The van der Waals surface area contributed by atoms with Gasteiger partial charge >= 0.3 is 0 Å². The molecule has 20 heavy (non-hydrogen) atoms. The van der Waals surface area contributed by atoms with E-state index in [1.54, 1.807) is 6.20 Å². The monoisotopic (exact) mass is 271 g/mol. The minimum Gasteiger partial charge on any atom is -0.491 e. The molecule has 106 valence electrons.